The van der Waals surface area contributed by atoms with Crippen LogP contribution in [0.15, 0.2) is 30.7 Å². The van der Waals surface area contributed by atoms with Crippen LogP contribution in [0.3, 0.4) is 0 Å². The average Bonchev–Trinajstić information content (AvgIpc) is 2.93. The summed E-state index contributed by atoms with van der Waals surface area (Å²) in [6.45, 7) is 4.66. The third-order valence-corrected chi connectivity index (χ3v) is 4.10. The number of hydrogen-bond acceptors (Lipinski definition) is 4. The number of Topliss-reactive ketones (excluding diaryl/α,β-unsaturated/α-hetero) is 1. The maximum absolute atomic E-state index is 12.5. The number of aryl methyl sites for hydroxylation is 1. The van der Waals surface area contributed by atoms with Crippen molar-refractivity contribution < 1.29 is 4.79 Å². The SMILES string of the molecule is Cc1[nH]cnc1CN1CCC[C@H](C(=O)c2ccccn2)C1. The van der Waals surface area contributed by atoms with Crippen LogP contribution in [-0.2, 0) is 6.54 Å². The first-order valence-corrected chi connectivity index (χ1v) is 7.40. The van der Waals surface area contributed by atoms with Crippen molar-refractivity contribution in [2.45, 2.75) is 26.3 Å². The molecule has 1 aliphatic heterocycles. The lowest BCUT2D eigenvalue weighted by molar-refractivity contribution is 0.0805. The molecule has 0 amide bonds. The summed E-state index contributed by atoms with van der Waals surface area (Å²) in [5, 5.41) is 0. The van der Waals surface area contributed by atoms with E-state index >= 15 is 0 Å². The molecule has 2 aromatic heterocycles. The van der Waals surface area contributed by atoms with E-state index in [1.807, 2.05) is 19.1 Å². The van der Waals surface area contributed by atoms with Crippen molar-refractivity contribution in [2.24, 2.45) is 5.92 Å². The van der Waals surface area contributed by atoms with E-state index in [1.165, 1.54) is 0 Å². The number of nitrogens with zero attached hydrogens (tertiary/aromatic N) is 3. The van der Waals surface area contributed by atoms with Crippen LogP contribution < -0.4 is 0 Å². The van der Waals surface area contributed by atoms with Gasteiger partial charge >= 0.3 is 0 Å². The van der Waals surface area contributed by atoms with Crippen LogP contribution in [0, 0.1) is 12.8 Å². The van der Waals surface area contributed by atoms with Crippen LogP contribution in [-0.4, -0.2) is 38.7 Å². The Morgan fingerprint density at radius 1 is 1.43 bits per heavy atom. The number of nitrogens with one attached hydrogen (secondary N) is 1. The molecule has 0 saturated carbocycles. The summed E-state index contributed by atoms with van der Waals surface area (Å²) < 4.78 is 0. The Labute approximate surface area is 124 Å². The predicted molar refractivity (Wildman–Crippen MR) is 79.9 cm³/mol. The highest BCUT2D eigenvalue weighted by Crippen LogP contribution is 2.21. The fourth-order valence-electron chi connectivity index (χ4n) is 2.89. The molecule has 1 saturated heterocycles. The van der Waals surface area contributed by atoms with Crippen molar-refractivity contribution in [1.82, 2.24) is 19.9 Å². The van der Waals surface area contributed by atoms with Gasteiger partial charge < -0.3 is 4.98 Å². The molecule has 0 spiro atoms. The minimum absolute atomic E-state index is 0.0490. The number of aromatic nitrogens is 3. The van der Waals surface area contributed by atoms with Gasteiger partial charge in [-0.15, -0.1) is 0 Å². The normalized spacial score (nSPS) is 19.6. The van der Waals surface area contributed by atoms with Gasteiger partial charge in [0.1, 0.15) is 5.69 Å². The van der Waals surface area contributed by atoms with Crippen molar-refractivity contribution in [3.05, 3.63) is 47.8 Å². The first kappa shape index (κ1) is 13.9. The summed E-state index contributed by atoms with van der Waals surface area (Å²) in [7, 11) is 0. The Hall–Kier alpha value is -2.01. The summed E-state index contributed by atoms with van der Waals surface area (Å²) in [5.41, 5.74) is 2.76. The number of aromatic amines is 1. The Balaban J connectivity index is 1.66. The first-order chi connectivity index (χ1) is 10.2. The molecule has 110 valence electrons. The number of ketones is 1. The quantitative estimate of drug-likeness (QED) is 0.874. The number of likely N-dealkylation sites (tertiary alicyclic amines) is 1. The largest absolute Gasteiger partial charge is 0.348 e. The number of hydrogen-bond donors (Lipinski definition) is 1. The Morgan fingerprint density at radius 2 is 2.33 bits per heavy atom. The second kappa shape index (κ2) is 6.18. The number of imidazole rings is 1. The van der Waals surface area contributed by atoms with Crippen LogP contribution in [0.5, 0.6) is 0 Å². The van der Waals surface area contributed by atoms with Crippen molar-refractivity contribution in [2.75, 3.05) is 13.1 Å². The molecule has 0 aromatic carbocycles. The van der Waals surface area contributed by atoms with E-state index in [2.05, 4.69) is 19.9 Å². The van der Waals surface area contributed by atoms with Crippen LogP contribution in [0.2, 0.25) is 0 Å². The van der Waals surface area contributed by atoms with Gasteiger partial charge in [-0.25, -0.2) is 4.98 Å². The molecule has 5 heteroatoms. The molecule has 2 aromatic rings. The average molecular weight is 284 g/mol. The van der Waals surface area contributed by atoms with Crippen molar-refractivity contribution in [3.8, 4) is 0 Å². The molecule has 1 N–H and O–H groups in total. The van der Waals surface area contributed by atoms with Gasteiger partial charge in [0.05, 0.1) is 12.0 Å². The Bertz CT molecular complexity index is 608. The predicted octanol–water partition coefficient (Wildman–Crippen LogP) is 2.21. The lowest BCUT2D eigenvalue weighted by atomic mass is 9.92. The molecule has 0 radical (unpaired) electrons. The molecule has 1 atom stereocenters. The Morgan fingerprint density at radius 3 is 3.05 bits per heavy atom. The van der Waals surface area contributed by atoms with E-state index in [1.54, 1.807) is 18.6 Å². The van der Waals surface area contributed by atoms with Crippen molar-refractivity contribution >= 4 is 5.78 Å². The summed E-state index contributed by atoms with van der Waals surface area (Å²) in [6.07, 6.45) is 5.41. The molecule has 0 bridgehead atoms. The number of rotatable bonds is 4. The van der Waals surface area contributed by atoms with E-state index in [4.69, 9.17) is 0 Å². The van der Waals surface area contributed by atoms with Gasteiger partial charge in [0.15, 0.2) is 5.78 Å². The van der Waals surface area contributed by atoms with E-state index in [-0.39, 0.29) is 11.7 Å². The zero-order chi connectivity index (χ0) is 14.7. The molecule has 3 rings (SSSR count). The van der Waals surface area contributed by atoms with Crippen molar-refractivity contribution in [3.63, 3.8) is 0 Å². The number of piperidine rings is 1. The second-order valence-electron chi connectivity index (χ2n) is 5.63. The summed E-state index contributed by atoms with van der Waals surface area (Å²) >= 11 is 0. The first-order valence-electron chi connectivity index (χ1n) is 7.40. The molecule has 5 nitrogen and oxygen atoms in total. The van der Waals surface area contributed by atoms with Gasteiger partial charge in [-0.1, -0.05) is 6.07 Å². The zero-order valence-corrected chi connectivity index (χ0v) is 12.2. The molecule has 0 unspecified atom stereocenters. The van der Waals surface area contributed by atoms with Crippen LogP contribution in [0.4, 0.5) is 0 Å². The third kappa shape index (κ3) is 3.19. The molecule has 21 heavy (non-hydrogen) atoms. The fraction of sp³-hybridized carbons (Fsp3) is 0.438. The van der Waals surface area contributed by atoms with E-state index < -0.39 is 0 Å². The van der Waals surface area contributed by atoms with Crippen LogP contribution in [0.25, 0.3) is 0 Å². The highest BCUT2D eigenvalue weighted by Gasteiger charge is 2.27. The smallest absolute Gasteiger partial charge is 0.185 e. The molecule has 1 aliphatic rings. The lowest BCUT2D eigenvalue weighted by Gasteiger charge is -2.31. The summed E-state index contributed by atoms with van der Waals surface area (Å²) in [5.74, 6) is 0.215. The van der Waals surface area contributed by atoms with Crippen molar-refractivity contribution in [1.29, 1.82) is 0 Å². The topological polar surface area (TPSA) is 61.9 Å². The van der Waals surface area contributed by atoms with Gasteiger partial charge in [-0.2, -0.15) is 0 Å². The maximum atomic E-state index is 12.5. The molecular formula is C16H20N4O. The highest BCUT2D eigenvalue weighted by atomic mass is 16.1. The van der Waals surface area contributed by atoms with Gasteiger partial charge in [0, 0.05) is 30.9 Å². The highest BCUT2D eigenvalue weighted by molar-refractivity contribution is 5.96. The second-order valence-corrected chi connectivity index (χ2v) is 5.63. The Kier molecular flexibility index (Phi) is 4.10. The van der Waals surface area contributed by atoms with E-state index in [0.717, 1.165) is 43.9 Å². The van der Waals surface area contributed by atoms with Gasteiger partial charge in [0.2, 0.25) is 0 Å². The van der Waals surface area contributed by atoms with Gasteiger partial charge in [0.25, 0.3) is 0 Å². The summed E-state index contributed by atoms with van der Waals surface area (Å²) in [4.78, 5) is 26.5. The van der Waals surface area contributed by atoms with Crippen LogP contribution in [0.1, 0.15) is 34.7 Å². The molecular weight excluding hydrogens is 264 g/mol. The minimum atomic E-state index is 0.0490. The monoisotopic (exact) mass is 284 g/mol. The fourth-order valence-corrected chi connectivity index (χ4v) is 2.89. The van der Waals surface area contributed by atoms with Gasteiger partial charge in [-0.3, -0.25) is 14.7 Å². The van der Waals surface area contributed by atoms with E-state index in [0.29, 0.717) is 5.69 Å². The third-order valence-electron chi connectivity index (χ3n) is 4.10. The van der Waals surface area contributed by atoms with Gasteiger partial charge in [-0.05, 0) is 38.4 Å². The molecule has 3 heterocycles. The number of H-pyrrole nitrogens is 1. The lowest BCUT2D eigenvalue weighted by Crippen LogP contribution is -2.38. The van der Waals surface area contributed by atoms with E-state index in [9.17, 15) is 4.79 Å². The summed E-state index contributed by atoms with van der Waals surface area (Å²) in [6, 6.07) is 5.51. The molecule has 0 aliphatic carbocycles. The minimum Gasteiger partial charge on any atom is -0.348 e. The molecule has 1 fully saturated rings. The number of carbonyl (C=O) groups is 1. The maximum Gasteiger partial charge on any atom is 0.185 e. The standard InChI is InChI=1S/C16H20N4O/c1-12-15(19-11-18-12)10-20-8-4-5-13(9-20)16(21)14-6-2-3-7-17-14/h2-3,6-7,11,13H,4-5,8-10H2,1H3,(H,18,19)/t13-/m0/s1. The number of pyridine rings is 1. The van der Waals surface area contributed by atoms with Crippen LogP contribution >= 0.6 is 0 Å². The zero-order valence-electron chi connectivity index (χ0n) is 12.2. The number of carbonyl (C=O) groups excluding carboxylic acids is 1.